The summed E-state index contributed by atoms with van der Waals surface area (Å²) in [5.74, 6) is 0.425. The normalized spacial score (nSPS) is 18.1. The van der Waals surface area contributed by atoms with Crippen LogP contribution >= 0.6 is 23.2 Å². The number of piperazine rings is 1. The molecule has 3 amide bonds. The largest absolute Gasteiger partial charge is 0.401 e. The molecule has 5 rings (SSSR count). The van der Waals surface area contributed by atoms with Crippen molar-refractivity contribution in [3.63, 3.8) is 0 Å². The van der Waals surface area contributed by atoms with Crippen LogP contribution in [0.25, 0.3) is 11.6 Å². The van der Waals surface area contributed by atoms with E-state index in [0.29, 0.717) is 43.6 Å². The molecule has 0 saturated carbocycles. The maximum Gasteiger partial charge on any atom is 0.324 e. The highest BCUT2D eigenvalue weighted by molar-refractivity contribution is 6.32. The molecule has 3 aromatic heterocycles. The van der Waals surface area contributed by atoms with Gasteiger partial charge in [0.05, 0.1) is 5.56 Å². The fourth-order valence-corrected chi connectivity index (χ4v) is 5.87. The maximum absolute atomic E-state index is 13.0. The number of carbonyl (C=O) groups excluding carboxylic acids is 2. The van der Waals surface area contributed by atoms with E-state index in [1.54, 1.807) is 12.1 Å². The van der Waals surface area contributed by atoms with E-state index in [9.17, 15) is 9.59 Å². The molecule has 16 nitrogen and oxygen atoms in total. The lowest BCUT2D eigenvalue weighted by molar-refractivity contribution is 0.0491. The van der Waals surface area contributed by atoms with Crippen molar-refractivity contribution in [3.05, 3.63) is 28.0 Å². The molecule has 5 heterocycles. The summed E-state index contributed by atoms with van der Waals surface area (Å²) in [5, 5.41) is 21.1. The molecule has 43 heavy (non-hydrogen) atoms. The molecule has 1 atom stereocenters. The fraction of sp³-hybridized carbons (Fsp3) is 0.480. The summed E-state index contributed by atoms with van der Waals surface area (Å²) in [6.45, 7) is 4.93. The van der Waals surface area contributed by atoms with E-state index in [0.717, 1.165) is 25.8 Å². The van der Waals surface area contributed by atoms with Gasteiger partial charge in [-0.25, -0.2) is 19.7 Å². The van der Waals surface area contributed by atoms with E-state index >= 15 is 0 Å². The Hall–Kier alpha value is -3.99. The van der Waals surface area contributed by atoms with Gasteiger partial charge in [-0.15, -0.1) is 5.10 Å². The first-order chi connectivity index (χ1) is 20.7. The number of nitrogen functional groups attached to an aromatic ring is 2. The first-order valence-corrected chi connectivity index (χ1v) is 14.5. The van der Waals surface area contributed by atoms with Crippen LogP contribution in [0.1, 0.15) is 36.5 Å². The lowest BCUT2D eigenvalue weighted by atomic mass is 9.97. The van der Waals surface area contributed by atoms with E-state index in [2.05, 4.69) is 52.5 Å². The molecule has 18 heteroatoms. The first kappa shape index (κ1) is 30.5. The van der Waals surface area contributed by atoms with Crippen LogP contribution in [0.3, 0.4) is 0 Å². The van der Waals surface area contributed by atoms with Crippen LogP contribution in [0.4, 0.5) is 28.3 Å². The minimum absolute atomic E-state index is 0.0402. The zero-order chi connectivity index (χ0) is 30.7. The van der Waals surface area contributed by atoms with Crippen LogP contribution in [0, 0.1) is 0 Å². The third-order valence-electron chi connectivity index (χ3n) is 7.59. The Bertz CT molecular complexity index is 1480. The SMILES string of the molecule is CC[C@H]1CN(c2nc(N)c(-c3nnc(NC(=O)NCO)o3)nc2Cl)CCN1C1CCN(C(=O)c2ccc(Cl)nc2N)CC1. The number of hydrogen-bond acceptors (Lipinski definition) is 13. The van der Waals surface area contributed by atoms with Crippen LogP contribution in [0.2, 0.25) is 10.3 Å². The zero-order valence-electron chi connectivity index (χ0n) is 23.3. The number of amides is 3. The minimum Gasteiger partial charge on any atom is -0.401 e. The number of anilines is 4. The predicted molar refractivity (Wildman–Crippen MR) is 160 cm³/mol. The van der Waals surface area contributed by atoms with E-state index in [1.807, 2.05) is 4.90 Å². The topological polar surface area (TPSA) is 218 Å². The van der Waals surface area contributed by atoms with Crippen LogP contribution in [0.5, 0.6) is 0 Å². The molecule has 2 aliphatic heterocycles. The third-order valence-corrected chi connectivity index (χ3v) is 8.06. The molecule has 0 spiro atoms. The average Bonchev–Trinajstić information content (AvgIpc) is 3.45. The molecule has 230 valence electrons. The number of urea groups is 1. The zero-order valence-corrected chi connectivity index (χ0v) is 24.8. The summed E-state index contributed by atoms with van der Waals surface area (Å²) in [6.07, 6.45) is 2.59. The van der Waals surface area contributed by atoms with Gasteiger partial charge in [0, 0.05) is 44.8 Å². The lowest BCUT2D eigenvalue weighted by Gasteiger charge is -2.47. The van der Waals surface area contributed by atoms with Gasteiger partial charge in [0.25, 0.3) is 11.8 Å². The Kier molecular flexibility index (Phi) is 9.29. The van der Waals surface area contributed by atoms with Crippen LogP contribution in [-0.4, -0.2) is 104 Å². The summed E-state index contributed by atoms with van der Waals surface area (Å²) in [6, 6.07) is 2.80. The molecule has 0 radical (unpaired) electrons. The molecule has 0 aromatic carbocycles. The number of halogens is 2. The van der Waals surface area contributed by atoms with Crippen LogP contribution < -0.4 is 27.0 Å². The second-order valence-corrected chi connectivity index (χ2v) is 10.9. The molecule has 2 aliphatic rings. The van der Waals surface area contributed by atoms with Gasteiger partial charge in [-0.3, -0.25) is 15.0 Å². The summed E-state index contributed by atoms with van der Waals surface area (Å²) < 4.78 is 5.41. The Balaban J connectivity index is 1.21. The average molecular weight is 636 g/mol. The van der Waals surface area contributed by atoms with Gasteiger partial charge in [0.2, 0.25) is 0 Å². The van der Waals surface area contributed by atoms with Gasteiger partial charge >= 0.3 is 12.0 Å². The van der Waals surface area contributed by atoms with E-state index in [4.69, 9.17) is 44.2 Å². The van der Waals surface area contributed by atoms with Crippen molar-refractivity contribution in [2.24, 2.45) is 0 Å². The van der Waals surface area contributed by atoms with E-state index < -0.39 is 12.8 Å². The molecule has 0 unspecified atom stereocenters. The Labute approximate surface area is 256 Å². The molecule has 3 aromatic rings. The Morgan fingerprint density at radius 2 is 1.84 bits per heavy atom. The fourth-order valence-electron chi connectivity index (χ4n) is 5.47. The predicted octanol–water partition coefficient (Wildman–Crippen LogP) is 1.67. The number of aromatic nitrogens is 5. The number of nitrogens with two attached hydrogens (primary N) is 2. The van der Waals surface area contributed by atoms with Gasteiger partial charge in [-0.05, 0) is 31.4 Å². The van der Waals surface area contributed by atoms with Crippen LogP contribution in [-0.2, 0) is 0 Å². The number of aliphatic hydroxyl groups is 1. The quantitative estimate of drug-likeness (QED) is 0.185. The monoisotopic (exact) mass is 634 g/mol. The highest BCUT2D eigenvalue weighted by atomic mass is 35.5. The minimum atomic E-state index is -0.727. The van der Waals surface area contributed by atoms with Crippen molar-refractivity contribution in [2.45, 2.75) is 38.3 Å². The van der Waals surface area contributed by atoms with Crippen molar-refractivity contribution in [1.29, 1.82) is 0 Å². The van der Waals surface area contributed by atoms with Gasteiger partial charge < -0.3 is 36.1 Å². The number of nitrogens with one attached hydrogen (secondary N) is 2. The second kappa shape index (κ2) is 13.1. The van der Waals surface area contributed by atoms with Crippen molar-refractivity contribution >= 4 is 58.6 Å². The standard InChI is InChI=1S/C25H32Cl2N12O4/c1-2-13-11-38(21-18(27)32-17(20(29)33-21)22-35-36-25(43-22)34-24(42)30-12-40)9-10-39(13)14-5-7-37(8-6-14)23(41)15-3-4-16(26)31-19(15)28/h3-4,13-14,40H,2,5-12H2,1H3,(H2,28,31)(H2,29,33)(H2,30,34,36,42)/t13-/m0/s1. The number of rotatable bonds is 7. The van der Waals surface area contributed by atoms with Gasteiger partial charge in [0.15, 0.2) is 22.5 Å². The van der Waals surface area contributed by atoms with Crippen molar-refractivity contribution in [2.75, 3.05) is 61.1 Å². The molecule has 7 N–H and O–H groups in total. The summed E-state index contributed by atoms with van der Waals surface area (Å²) in [7, 11) is 0. The smallest absolute Gasteiger partial charge is 0.324 e. The summed E-state index contributed by atoms with van der Waals surface area (Å²) >= 11 is 12.5. The Morgan fingerprint density at radius 1 is 1.07 bits per heavy atom. The number of carbonyl (C=O) groups is 2. The first-order valence-electron chi connectivity index (χ1n) is 13.7. The maximum atomic E-state index is 13.0. The highest BCUT2D eigenvalue weighted by Crippen LogP contribution is 2.33. The highest BCUT2D eigenvalue weighted by Gasteiger charge is 2.35. The molecular weight excluding hydrogens is 603 g/mol. The molecule has 2 saturated heterocycles. The van der Waals surface area contributed by atoms with Gasteiger partial charge in [0.1, 0.15) is 17.7 Å². The number of hydrogen-bond donors (Lipinski definition) is 5. The molecular formula is C25H32Cl2N12O4. The van der Waals surface area contributed by atoms with Gasteiger partial charge in [-0.2, -0.15) is 0 Å². The molecule has 2 fully saturated rings. The van der Waals surface area contributed by atoms with Gasteiger partial charge in [-0.1, -0.05) is 35.2 Å². The second-order valence-electron chi connectivity index (χ2n) is 10.1. The number of nitrogens with zero attached hydrogens (tertiary/aromatic N) is 8. The summed E-state index contributed by atoms with van der Waals surface area (Å²) in [4.78, 5) is 43.9. The number of likely N-dealkylation sites (tertiary alicyclic amines) is 1. The number of pyridine rings is 1. The van der Waals surface area contributed by atoms with Crippen molar-refractivity contribution in [3.8, 4) is 11.6 Å². The Morgan fingerprint density at radius 3 is 2.53 bits per heavy atom. The van der Waals surface area contributed by atoms with Crippen LogP contribution in [0.15, 0.2) is 16.5 Å². The molecule has 0 aliphatic carbocycles. The van der Waals surface area contributed by atoms with Crippen molar-refractivity contribution < 1.29 is 19.1 Å². The van der Waals surface area contributed by atoms with E-state index in [-0.39, 0.29) is 51.5 Å². The summed E-state index contributed by atoms with van der Waals surface area (Å²) in [5.41, 5.74) is 12.6. The van der Waals surface area contributed by atoms with Crippen molar-refractivity contribution in [1.82, 2.24) is 40.3 Å². The number of piperidine rings is 1. The number of aliphatic hydroxyl groups excluding tert-OH is 1. The molecule has 0 bridgehead atoms. The lowest BCUT2D eigenvalue weighted by Crippen LogP contribution is -2.58. The van der Waals surface area contributed by atoms with E-state index in [1.165, 1.54) is 0 Å². The third kappa shape index (κ3) is 6.66.